The highest BCUT2D eigenvalue weighted by Gasteiger charge is 2.21. The fourth-order valence-corrected chi connectivity index (χ4v) is 2.40. The van der Waals surface area contributed by atoms with Crippen molar-refractivity contribution in [2.45, 2.75) is 17.3 Å². The molecule has 1 aromatic carbocycles. The normalized spacial score (nSPS) is 12.1. The van der Waals surface area contributed by atoms with Gasteiger partial charge in [0.25, 0.3) is 0 Å². The second-order valence-electron chi connectivity index (χ2n) is 4.00. The van der Waals surface area contributed by atoms with E-state index in [4.69, 9.17) is 5.73 Å². The van der Waals surface area contributed by atoms with E-state index in [9.17, 15) is 4.79 Å². The standard InChI is InChI=1S/C12H15N5OS/c1-8(19-12-14-11(13)15-16-12)10(18)17(2)9-6-4-3-5-7-9/h3-8H,1-2H3,(H3,13,14,15,16). The van der Waals surface area contributed by atoms with Gasteiger partial charge in [0.2, 0.25) is 17.0 Å². The lowest BCUT2D eigenvalue weighted by Gasteiger charge is -2.20. The largest absolute Gasteiger partial charge is 0.368 e. The number of carbonyl (C=O) groups excluding carboxylic acids is 1. The average Bonchev–Trinajstić information content (AvgIpc) is 2.83. The van der Waals surface area contributed by atoms with Gasteiger partial charge in [0, 0.05) is 12.7 Å². The second-order valence-corrected chi connectivity index (χ2v) is 5.30. The molecule has 7 heteroatoms. The van der Waals surface area contributed by atoms with Crippen molar-refractivity contribution in [3.63, 3.8) is 0 Å². The Morgan fingerprint density at radius 1 is 1.42 bits per heavy atom. The maximum Gasteiger partial charge on any atom is 0.240 e. The van der Waals surface area contributed by atoms with Crippen LogP contribution in [-0.2, 0) is 4.79 Å². The molecule has 2 aromatic rings. The van der Waals surface area contributed by atoms with Crippen molar-refractivity contribution < 1.29 is 4.79 Å². The van der Waals surface area contributed by atoms with Gasteiger partial charge >= 0.3 is 0 Å². The highest BCUT2D eigenvalue weighted by molar-refractivity contribution is 8.00. The molecule has 0 bridgehead atoms. The summed E-state index contributed by atoms with van der Waals surface area (Å²) in [6, 6.07) is 9.48. The van der Waals surface area contributed by atoms with Crippen molar-refractivity contribution in [1.29, 1.82) is 0 Å². The minimum atomic E-state index is -0.291. The van der Waals surface area contributed by atoms with Crippen molar-refractivity contribution in [3.05, 3.63) is 30.3 Å². The predicted molar refractivity (Wildman–Crippen MR) is 76.0 cm³/mol. The van der Waals surface area contributed by atoms with E-state index in [2.05, 4.69) is 15.2 Å². The Hall–Kier alpha value is -2.02. The third-order valence-corrected chi connectivity index (χ3v) is 3.53. The molecular weight excluding hydrogens is 262 g/mol. The summed E-state index contributed by atoms with van der Waals surface area (Å²) in [5, 5.41) is 6.63. The SMILES string of the molecule is CC(Sc1n[nH]c(N)n1)C(=O)N(C)c1ccccc1. The molecule has 0 saturated heterocycles. The van der Waals surface area contributed by atoms with Crippen LogP contribution in [0.3, 0.4) is 0 Å². The molecule has 1 aromatic heterocycles. The Bertz CT molecular complexity index is 556. The Morgan fingerprint density at radius 2 is 2.11 bits per heavy atom. The molecule has 3 N–H and O–H groups in total. The first-order valence-electron chi connectivity index (χ1n) is 5.75. The van der Waals surface area contributed by atoms with Gasteiger partial charge in [-0.05, 0) is 19.1 Å². The molecule has 100 valence electrons. The van der Waals surface area contributed by atoms with E-state index in [1.165, 1.54) is 11.8 Å². The van der Waals surface area contributed by atoms with Crippen LogP contribution in [0.4, 0.5) is 11.6 Å². The van der Waals surface area contributed by atoms with Crippen molar-refractivity contribution in [2.75, 3.05) is 17.7 Å². The van der Waals surface area contributed by atoms with Crippen LogP contribution in [0.25, 0.3) is 0 Å². The maximum absolute atomic E-state index is 12.3. The molecule has 0 fully saturated rings. The molecule has 6 nitrogen and oxygen atoms in total. The van der Waals surface area contributed by atoms with E-state index in [1.807, 2.05) is 37.3 Å². The van der Waals surface area contributed by atoms with E-state index < -0.39 is 0 Å². The lowest BCUT2D eigenvalue weighted by molar-refractivity contribution is -0.117. The quantitative estimate of drug-likeness (QED) is 0.827. The smallest absolute Gasteiger partial charge is 0.240 e. The van der Waals surface area contributed by atoms with Crippen LogP contribution in [-0.4, -0.2) is 33.4 Å². The van der Waals surface area contributed by atoms with Crippen molar-refractivity contribution >= 4 is 29.3 Å². The van der Waals surface area contributed by atoms with Crippen LogP contribution in [0, 0.1) is 0 Å². The molecule has 1 atom stereocenters. The van der Waals surface area contributed by atoms with E-state index in [-0.39, 0.29) is 17.1 Å². The second kappa shape index (κ2) is 5.75. The highest BCUT2D eigenvalue weighted by atomic mass is 32.2. The van der Waals surface area contributed by atoms with Gasteiger partial charge in [0.15, 0.2) is 0 Å². The average molecular weight is 277 g/mol. The fourth-order valence-electron chi connectivity index (χ4n) is 1.57. The van der Waals surface area contributed by atoms with Crippen molar-refractivity contribution in [3.8, 4) is 0 Å². The van der Waals surface area contributed by atoms with Crippen molar-refractivity contribution in [1.82, 2.24) is 15.2 Å². The predicted octanol–water partition coefficient (Wildman–Crippen LogP) is 1.53. The van der Waals surface area contributed by atoms with E-state index >= 15 is 0 Å². The number of carbonyl (C=O) groups is 1. The van der Waals surface area contributed by atoms with E-state index in [0.717, 1.165) is 5.69 Å². The van der Waals surface area contributed by atoms with Crippen LogP contribution < -0.4 is 10.6 Å². The van der Waals surface area contributed by atoms with Gasteiger partial charge in [-0.1, -0.05) is 30.0 Å². The number of aromatic amines is 1. The summed E-state index contributed by atoms with van der Waals surface area (Å²) in [5.41, 5.74) is 6.30. The first-order valence-corrected chi connectivity index (χ1v) is 6.63. The van der Waals surface area contributed by atoms with E-state index in [1.54, 1.807) is 11.9 Å². The Kier molecular flexibility index (Phi) is 4.06. The molecule has 19 heavy (non-hydrogen) atoms. The highest BCUT2D eigenvalue weighted by Crippen LogP contribution is 2.23. The molecule has 0 aliphatic heterocycles. The number of H-pyrrole nitrogens is 1. The molecular formula is C12H15N5OS. The molecule has 2 rings (SSSR count). The number of nitrogens with one attached hydrogen (secondary N) is 1. The summed E-state index contributed by atoms with van der Waals surface area (Å²) < 4.78 is 0. The van der Waals surface area contributed by atoms with Crippen LogP contribution in [0.5, 0.6) is 0 Å². The number of benzene rings is 1. The number of aromatic nitrogens is 3. The lowest BCUT2D eigenvalue weighted by Crippen LogP contribution is -2.33. The molecule has 0 aliphatic rings. The zero-order chi connectivity index (χ0) is 13.8. The third kappa shape index (κ3) is 3.25. The Labute approximate surface area is 115 Å². The summed E-state index contributed by atoms with van der Waals surface area (Å²) in [7, 11) is 1.75. The molecule has 1 unspecified atom stereocenters. The van der Waals surface area contributed by atoms with Gasteiger partial charge in [-0.15, -0.1) is 5.10 Å². The minimum Gasteiger partial charge on any atom is -0.368 e. The summed E-state index contributed by atoms with van der Waals surface area (Å²) in [4.78, 5) is 17.8. The van der Waals surface area contributed by atoms with Crippen LogP contribution in [0.1, 0.15) is 6.92 Å². The van der Waals surface area contributed by atoms with Crippen LogP contribution >= 0.6 is 11.8 Å². The first kappa shape index (κ1) is 13.4. The topological polar surface area (TPSA) is 87.9 Å². The lowest BCUT2D eigenvalue weighted by atomic mass is 10.3. The van der Waals surface area contributed by atoms with Gasteiger partial charge in [-0.3, -0.25) is 4.79 Å². The third-order valence-electron chi connectivity index (χ3n) is 2.59. The first-order chi connectivity index (χ1) is 9.08. The Morgan fingerprint density at radius 3 is 2.68 bits per heavy atom. The molecule has 0 spiro atoms. The zero-order valence-electron chi connectivity index (χ0n) is 10.7. The number of nitrogens with two attached hydrogens (primary N) is 1. The summed E-state index contributed by atoms with van der Waals surface area (Å²) in [6.07, 6.45) is 0. The summed E-state index contributed by atoms with van der Waals surface area (Å²) in [5.74, 6) is 0.234. The fraction of sp³-hybridized carbons (Fsp3) is 0.250. The molecule has 1 amide bonds. The number of rotatable bonds is 4. The van der Waals surface area contributed by atoms with Crippen LogP contribution in [0.15, 0.2) is 35.5 Å². The van der Waals surface area contributed by atoms with Gasteiger partial charge in [0.05, 0.1) is 5.25 Å². The number of nitrogens with zero attached hydrogens (tertiary/aromatic N) is 3. The number of anilines is 2. The Balaban J connectivity index is 2.03. The number of hydrogen-bond donors (Lipinski definition) is 2. The van der Waals surface area contributed by atoms with Crippen molar-refractivity contribution in [2.24, 2.45) is 0 Å². The summed E-state index contributed by atoms with van der Waals surface area (Å²) in [6.45, 7) is 1.82. The van der Waals surface area contributed by atoms with Gasteiger partial charge in [-0.25, -0.2) is 5.10 Å². The number of nitrogen functional groups attached to an aromatic ring is 1. The monoisotopic (exact) mass is 277 g/mol. The molecule has 0 saturated carbocycles. The molecule has 0 aliphatic carbocycles. The van der Waals surface area contributed by atoms with Crippen LogP contribution in [0.2, 0.25) is 0 Å². The summed E-state index contributed by atoms with van der Waals surface area (Å²) >= 11 is 1.27. The van der Waals surface area contributed by atoms with E-state index in [0.29, 0.717) is 5.16 Å². The van der Waals surface area contributed by atoms with Gasteiger partial charge in [-0.2, -0.15) is 4.98 Å². The molecule has 0 radical (unpaired) electrons. The van der Waals surface area contributed by atoms with Gasteiger partial charge in [0.1, 0.15) is 0 Å². The van der Waals surface area contributed by atoms with Gasteiger partial charge < -0.3 is 10.6 Å². The number of thioether (sulfide) groups is 1. The number of hydrogen-bond acceptors (Lipinski definition) is 5. The zero-order valence-corrected chi connectivity index (χ0v) is 11.5. The minimum absolute atomic E-state index is 0.0143. The number of amides is 1. The molecule has 1 heterocycles. The number of para-hydroxylation sites is 1. The maximum atomic E-state index is 12.3.